The number of hydrogen-bond acceptors (Lipinski definition) is 6. The van der Waals surface area contributed by atoms with Gasteiger partial charge in [-0.05, 0) is 29.8 Å². The molecule has 4 aromatic rings. The zero-order valence-electron chi connectivity index (χ0n) is 17.7. The second-order valence-corrected chi connectivity index (χ2v) is 7.07. The summed E-state index contributed by atoms with van der Waals surface area (Å²) < 4.78 is 11.9. The Morgan fingerprint density at radius 1 is 1.03 bits per heavy atom. The van der Waals surface area contributed by atoms with Crippen LogP contribution in [0.1, 0.15) is 21.6 Å². The van der Waals surface area contributed by atoms with Gasteiger partial charge in [0.1, 0.15) is 11.5 Å². The van der Waals surface area contributed by atoms with Crippen LogP contribution in [-0.2, 0) is 13.1 Å². The van der Waals surface area contributed by atoms with Crippen LogP contribution in [0.4, 0.5) is 0 Å². The predicted octanol–water partition coefficient (Wildman–Crippen LogP) is 2.79. The monoisotopic (exact) mass is 430 g/mol. The lowest BCUT2D eigenvalue weighted by atomic mass is 10.1. The topological polar surface area (TPSA) is 95.3 Å². The Morgan fingerprint density at radius 2 is 1.84 bits per heavy atom. The van der Waals surface area contributed by atoms with Gasteiger partial charge in [0, 0.05) is 23.8 Å². The molecule has 1 N–H and O–H groups in total. The summed E-state index contributed by atoms with van der Waals surface area (Å²) in [5.41, 5.74) is 1.62. The molecule has 0 spiro atoms. The first-order valence-corrected chi connectivity index (χ1v) is 9.98. The average molecular weight is 430 g/mol. The van der Waals surface area contributed by atoms with Gasteiger partial charge in [-0.3, -0.25) is 14.6 Å². The number of hydrogen-bond donors (Lipinski definition) is 1. The van der Waals surface area contributed by atoms with E-state index in [1.807, 2.05) is 30.3 Å². The maximum absolute atomic E-state index is 13.0. The maximum atomic E-state index is 13.0. The number of nitrogens with zero attached hydrogens (tertiary/aromatic N) is 3. The lowest BCUT2D eigenvalue weighted by Crippen LogP contribution is -2.29. The Bertz CT molecular complexity index is 1320. The number of carbonyl (C=O) groups excluding carboxylic acids is 1. The summed E-state index contributed by atoms with van der Waals surface area (Å²) in [6.07, 6.45) is 3.37. The van der Waals surface area contributed by atoms with Crippen LogP contribution in [0.15, 0.2) is 71.8 Å². The summed E-state index contributed by atoms with van der Waals surface area (Å²) in [5, 5.41) is 8.66. The van der Waals surface area contributed by atoms with Gasteiger partial charge in [0.25, 0.3) is 11.5 Å². The van der Waals surface area contributed by atoms with Gasteiger partial charge in [-0.25, -0.2) is 4.68 Å². The van der Waals surface area contributed by atoms with Gasteiger partial charge < -0.3 is 14.8 Å². The lowest BCUT2D eigenvalue weighted by Gasteiger charge is -2.13. The smallest absolute Gasteiger partial charge is 0.274 e. The van der Waals surface area contributed by atoms with Gasteiger partial charge >= 0.3 is 0 Å². The number of aromatic nitrogens is 3. The van der Waals surface area contributed by atoms with Gasteiger partial charge in [0.05, 0.1) is 44.0 Å². The number of methoxy groups -OCH3 is 2. The quantitative estimate of drug-likeness (QED) is 0.484. The van der Waals surface area contributed by atoms with E-state index in [9.17, 15) is 9.59 Å². The zero-order chi connectivity index (χ0) is 22.5. The Kier molecular flexibility index (Phi) is 6.12. The molecule has 2 heterocycles. The summed E-state index contributed by atoms with van der Waals surface area (Å²) in [6, 6.07) is 15.9. The summed E-state index contributed by atoms with van der Waals surface area (Å²) >= 11 is 0. The third-order valence-electron chi connectivity index (χ3n) is 5.07. The molecule has 0 saturated carbocycles. The minimum atomic E-state index is -0.319. The van der Waals surface area contributed by atoms with E-state index in [2.05, 4.69) is 15.4 Å². The Labute approximate surface area is 184 Å². The molecule has 0 atom stereocenters. The van der Waals surface area contributed by atoms with Crippen molar-refractivity contribution in [3.8, 4) is 11.5 Å². The van der Waals surface area contributed by atoms with Gasteiger partial charge in [-0.15, -0.1) is 0 Å². The third-order valence-corrected chi connectivity index (χ3v) is 5.07. The molecule has 4 rings (SSSR count). The molecule has 8 nitrogen and oxygen atoms in total. The van der Waals surface area contributed by atoms with Crippen LogP contribution in [0.3, 0.4) is 0 Å². The second-order valence-electron chi connectivity index (χ2n) is 7.07. The van der Waals surface area contributed by atoms with Crippen molar-refractivity contribution in [2.24, 2.45) is 0 Å². The summed E-state index contributed by atoms with van der Waals surface area (Å²) in [6.45, 7) is 0.423. The van der Waals surface area contributed by atoms with E-state index in [1.165, 1.54) is 11.8 Å². The fraction of sp³-hybridized carbons (Fsp3) is 0.167. The molecule has 32 heavy (non-hydrogen) atoms. The second kappa shape index (κ2) is 9.30. The van der Waals surface area contributed by atoms with Crippen molar-refractivity contribution in [1.29, 1.82) is 0 Å². The minimum absolute atomic E-state index is 0.141. The number of benzene rings is 2. The molecule has 162 valence electrons. The van der Waals surface area contributed by atoms with E-state index < -0.39 is 0 Å². The Morgan fingerprint density at radius 3 is 2.56 bits per heavy atom. The van der Waals surface area contributed by atoms with Gasteiger partial charge in [0.15, 0.2) is 0 Å². The molecule has 0 unspecified atom stereocenters. The van der Waals surface area contributed by atoms with Gasteiger partial charge in [-0.1, -0.05) is 24.3 Å². The van der Waals surface area contributed by atoms with Crippen molar-refractivity contribution < 1.29 is 14.3 Å². The van der Waals surface area contributed by atoms with Gasteiger partial charge in [0.2, 0.25) is 0 Å². The van der Waals surface area contributed by atoms with Crippen molar-refractivity contribution in [2.75, 3.05) is 14.2 Å². The van der Waals surface area contributed by atoms with E-state index in [4.69, 9.17) is 9.47 Å². The highest BCUT2D eigenvalue weighted by atomic mass is 16.5. The third kappa shape index (κ3) is 4.29. The highest BCUT2D eigenvalue weighted by Gasteiger charge is 2.16. The van der Waals surface area contributed by atoms with Crippen molar-refractivity contribution >= 4 is 16.7 Å². The average Bonchev–Trinajstić information content (AvgIpc) is 2.85. The molecule has 2 aromatic heterocycles. The first kappa shape index (κ1) is 21.0. The molecule has 2 aromatic carbocycles. The van der Waals surface area contributed by atoms with E-state index in [1.54, 1.807) is 43.8 Å². The number of ether oxygens (including phenoxy) is 2. The van der Waals surface area contributed by atoms with Crippen molar-refractivity contribution in [3.63, 3.8) is 0 Å². The van der Waals surface area contributed by atoms with Crippen LogP contribution in [-0.4, -0.2) is 34.9 Å². The molecule has 1 amide bonds. The van der Waals surface area contributed by atoms with Crippen LogP contribution in [0.2, 0.25) is 0 Å². The largest absolute Gasteiger partial charge is 0.497 e. The van der Waals surface area contributed by atoms with Crippen molar-refractivity contribution in [3.05, 3.63) is 94.2 Å². The number of pyridine rings is 1. The van der Waals surface area contributed by atoms with Crippen LogP contribution in [0, 0.1) is 0 Å². The highest BCUT2D eigenvalue weighted by Crippen LogP contribution is 2.24. The SMILES string of the molecule is COc1ccc(C(=O)NCc2nn(Cc3cccnc3)c(=O)c3ccccc23)c(OC)c1. The Hall–Kier alpha value is -4.20. The minimum Gasteiger partial charge on any atom is -0.497 e. The predicted molar refractivity (Wildman–Crippen MR) is 120 cm³/mol. The fourth-order valence-electron chi connectivity index (χ4n) is 3.45. The molecule has 0 aliphatic carbocycles. The fourth-order valence-corrected chi connectivity index (χ4v) is 3.45. The molecule has 0 radical (unpaired) electrons. The standard InChI is InChI=1S/C24H22N4O4/c1-31-17-9-10-20(22(12-17)32-2)23(29)26-14-21-18-7-3-4-8-19(18)24(30)28(27-21)15-16-6-5-11-25-13-16/h3-13H,14-15H2,1-2H3,(H,26,29). The lowest BCUT2D eigenvalue weighted by molar-refractivity contribution is 0.0947. The summed E-state index contributed by atoms with van der Waals surface area (Å²) in [5.74, 6) is 0.676. The molecule has 0 aliphatic rings. The zero-order valence-corrected chi connectivity index (χ0v) is 17.7. The van der Waals surface area contributed by atoms with Gasteiger partial charge in [-0.2, -0.15) is 5.10 Å². The summed E-state index contributed by atoms with van der Waals surface area (Å²) in [4.78, 5) is 29.9. The molecular weight excluding hydrogens is 408 g/mol. The van der Waals surface area contributed by atoms with E-state index in [0.717, 1.165) is 5.56 Å². The van der Waals surface area contributed by atoms with Crippen LogP contribution >= 0.6 is 0 Å². The number of amides is 1. The number of nitrogens with one attached hydrogen (secondary N) is 1. The number of fused-ring (bicyclic) bond motifs is 1. The summed E-state index contributed by atoms with van der Waals surface area (Å²) in [7, 11) is 3.04. The van der Waals surface area contributed by atoms with Crippen molar-refractivity contribution in [2.45, 2.75) is 13.1 Å². The van der Waals surface area contributed by atoms with Crippen LogP contribution in [0.5, 0.6) is 11.5 Å². The van der Waals surface area contributed by atoms with E-state index >= 15 is 0 Å². The number of carbonyl (C=O) groups is 1. The first-order chi connectivity index (χ1) is 15.6. The number of rotatable bonds is 7. The molecule has 0 saturated heterocycles. The molecular formula is C24H22N4O4. The highest BCUT2D eigenvalue weighted by molar-refractivity contribution is 5.97. The van der Waals surface area contributed by atoms with E-state index in [-0.39, 0.29) is 24.6 Å². The molecule has 0 fully saturated rings. The molecule has 0 aliphatic heterocycles. The maximum Gasteiger partial charge on any atom is 0.274 e. The normalized spacial score (nSPS) is 10.7. The molecule has 0 bridgehead atoms. The van der Waals surface area contributed by atoms with Crippen LogP contribution < -0.4 is 20.3 Å². The first-order valence-electron chi connectivity index (χ1n) is 9.98. The molecule has 8 heteroatoms. The van der Waals surface area contributed by atoms with Crippen LogP contribution in [0.25, 0.3) is 10.8 Å². The van der Waals surface area contributed by atoms with E-state index in [0.29, 0.717) is 33.5 Å². The van der Waals surface area contributed by atoms with Crippen molar-refractivity contribution in [1.82, 2.24) is 20.1 Å². The Balaban J connectivity index is 1.65.